The number of ether oxygens (including phenoxy) is 2. The van der Waals surface area contributed by atoms with E-state index in [1.807, 2.05) is 43.3 Å². The van der Waals surface area contributed by atoms with Gasteiger partial charge in [-0.1, -0.05) is 28.9 Å². The van der Waals surface area contributed by atoms with Crippen LogP contribution in [-0.4, -0.2) is 55.1 Å². The number of hydrogen-bond acceptors (Lipinski definition) is 8. The molecule has 10 heteroatoms. The molecular weight excluding hydrogens is 503 g/mol. The highest BCUT2D eigenvalue weighted by Crippen LogP contribution is 2.25. The van der Waals surface area contributed by atoms with Crippen molar-refractivity contribution in [2.24, 2.45) is 0 Å². The van der Waals surface area contributed by atoms with E-state index in [4.69, 9.17) is 14.0 Å². The van der Waals surface area contributed by atoms with Crippen LogP contribution >= 0.6 is 0 Å². The Labute approximate surface area is 224 Å². The second-order valence-electron chi connectivity index (χ2n) is 9.15. The highest BCUT2D eigenvalue weighted by atomic mass is 19.1. The first kappa shape index (κ1) is 26.1. The molecule has 9 nitrogen and oxygen atoms in total. The van der Waals surface area contributed by atoms with Crippen LogP contribution in [0.25, 0.3) is 22.8 Å². The molecule has 1 N–H and O–H groups in total. The lowest BCUT2D eigenvalue weighted by Gasteiger charge is -2.28. The Morgan fingerprint density at radius 2 is 1.85 bits per heavy atom. The lowest BCUT2D eigenvalue weighted by atomic mass is 10.1. The van der Waals surface area contributed by atoms with Crippen molar-refractivity contribution in [2.75, 3.05) is 31.2 Å². The van der Waals surface area contributed by atoms with Gasteiger partial charge in [-0.2, -0.15) is 4.98 Å². The van der Waals surface area contributed by atoms with Crippen LogP contribution < -0.4 is 10.2 Å². The number of aryl methyl sites for hydroxylation is 1. The van der Waals surface area contributed by atoms with Gasteiger partial charge in [0.25, 0.3) is 18.3 Å². The van der Waals surface area contributed by atoms with Gasteiger partial charge < -0.3 is 24.2 Å². The molecule has 1 aliphatic heterocycles. The number of carbonyl (C=O) groups excluding carboxylic acids is 2. The van der Waals surface area contributed by atoms with E-state index in [0.29, 0.717) is 24.3 Å². The van der Waals surface area contributed by atoms with E-state index in [1.165, 1.54) is 12.1 Å². The third kappa shape index (κ3) is 6.29. The Morgan fingerprint density at radius 3 is 2.54 bits per heavy atom. The maximum Gasteiger partial charge on any atom is 0.295 e. The molecule has 0 bridgehead atoms. The molecule has 5 rings (SSSR count). The Hall–Kier alpha value is -4.57. The van der Waals surface area contributed by atoms with Gasteiger partial charge in [0.1, 0.15) is 5.82 Å². The lowest BCUT2D eigenvalue weighted by molar-refractivity contribution is -0.134. The van der Waals surface area contributed by atoms with E-state index in [1.54, 1.807) is 18.2 Å². The summed E-state index contributed by atoms with van der Waals surface area (Å²) in [5.74, 6) is -0.584. The number of nitrogens with one attached hydrogen (secondary N) is 1. The van der Waals surface area contributed by atoms with Gasteiger partial charge in [-0.25, -0.2) is 4.39 Å². The van der Waals surface area contributed by atoms with E-state index in [9.17, 15) is 9.59 Å². The number of rotatable bonds is 9. The minimum atomic E-state index is -0.988. The number of amides is 1. The van der Waals surface area contributed by atoms with Gasteiger partial charge in [0.2, 0.25) is 5.82 Å². The topological polar surface area (TPSA) is 107 Å². The largest absolute Gasteiger partial charge is 0.444 e. The number of hydrogen-bond donors (Lipinski definition) is 1. The molecule has 4 aromatic rings. The van der Waals surface area contributed by atoms with Gasteiger partial charge >= 0.3 is 0 Å². The second-order valence-corrected chi connectivity index (χ2v) is 9.15. The van der Waals surface area contributed by atoms with Gasteiger partial charge in [-0.05, 0) is 61.0 Å². The Balaban J connectivity index is 1.24. The fourth-order valence-corrected chi connectivity index (χ4v) is 4.30. The lowest BCUT2D eigenvalue weighted by Crippen LogP contribution is -2.38. The summed E-state index contributed by atoms with van der Waals surface area (Å²) >= 11 is 0. The molecule has 1 fully saturated rings. The fraction of sp³-hybridized carbons (Fsp3) is 0.241. The summed E-state index contributed by atoms with van der Waals surface area (Å²) in [6, 6.07) is 19.2. The van der Waals surface area contributed by atoms with Crippen molar-refractivity contribution in [3.63, 3.8) is 0 Å². The normalized spacial score (nSPS) is 14.1. The van der Waals surface area contributed by atoms with Crippen molar-refractivity contribution in [3.05, 3.63) is 89.2 Å². The molecule has 2 heterocycles. The average molecular weight is 531 g/mol. The molecule has 0 saturated carbocycles. The third-order valence-electron chi connectivity index (χ3n) is 6.44. The van der Waals surface area contributed by atoms with Crippen molar-refractivity contribution in [1.82, 2.24) is 15.5 Å². The zero-order valence-electron chi connectivity index (χ0n) is 21.3. The van der Waals surface area contributed by atoms with Crippen LogP contribution in [0.2, 0.25) is 0 Å². The number of benzene rings is 3. The average Bonchev–Trinajstić information content (AvgIpc) is 3.44. The van der Waals surface area contributed by atoms with Crippen molar-refractivity contribution in [2.45, 2.75) is 19.6 Å². The molecule has 1 saturated heterocycles. The molecule has 39 heavy (non-hydrogen) atoms. The highest BCUT2D eigenvalue weighted by Gasteiger charge is 2.19. The molecule has 0 spiro atoms. The van der Waals surface area contributed by atoms with Gasteiger partial charge in [0.15, 0.2) is 6.23 Å². The Bertz CT molecular complexity index is 1430. The van der Waals surface area contributed by atoms with Crippen LogP contribution in [0, 0.1) is 12.7 Å². The number of halogens is 1. The molecule has 0 aliphatic carbocycles. The van der Waals surface area contributed by atoms with Crippen LogP contribution in [0.3, 0.4) is 0 Å². The van der Waals surface area contributed by atoms with Crippen molar-refractivity contribution in [3.8, 4) is 22.8 Å². The monoisotopic (exact) mass is 530 g/mol. The van der Waals surface area contributed by atoms with Gasteiger partial charge in [0.05, 0.1) is 18.8 Å². The van der Waals surface area contributed by atoms with Crippen LogP contribution in [0.1, 0.15) is 21.5 Å². The summed E-state index contributed by atoms with van der Waals surface area (Å²) in [7, 11) is 0. The number of aromatic nitrogens is 2. The van der Waals surface area contributed by atoms with Crippen LogP contribution in [0.5, 0.6) is 0 Å². The van der Waals surface area contributed by atoms with Crippen LogP contribution in [0.4, 0.5) is 10.1 Å². The van der Waals surface area contributed by atoms with E-state index >= 15 is 4.39 Å². The zero-order valence-corrected chi connectivity index (χ0v) is 21.3. The van der Waals surface area contributed by atoms with E-state index < -0.39 is 18.0 Å². The Morgan fingerprint density at radius 1 is 1.10 bits per heavy atom. The van der Waals surface area contributed by atoms with Crippen molar-refractivity contribution in [1.29, 1.82) is 0 Å². The third-order valence-corrected chi connectivity index (χ3v) is 6.44. The first-order valence-electron chi connectivity index (χ1n) is 12.5. The molecule has 200 valence electrons. The zero-order chi connectivity index (χ0) is 27.2. The van der Waals surface area contributed by atoms with E-state index in [0.717, 1.165) is 29.9 Å². The van der Waals surface area contributed by atoms with Gasteiger partial charge in [-0.15, -0.1) is 0 Å². The standard InChI is InChI=1S/C29H27FN4O5/c1-19-2-5-22(6-3-19)29-32-27(33-39-29)24-11-4-20(16-25(24)30)17-26(38-18-35)31-28(36)21-7-9-23(10-8-21)34-12-14-37-15-13-34/h2-11,16,18,26H,12-15,17H2,1H3,(H,31,36). The molecule has 3 aromatic carbocycles. The molecule has 1 amide bonds. The smallest absolute Gasteiger partial charge is 0.295 e. The SMILES string of the molecule is Cc1ccc(-c2nc(-c3ccc(CC(NC(=O)c4ccc(N5CCOCC5)cc4)OC=O)cc3F)no2)cc1. The minimum absolute atomic E-state index is 0.0639. The summed E-state index contributed by atoms with van der Waals surface area (Å²) in [5.41, 5.74) is 3.91. The summed E-state index contributed by atoms with van der Waals surface area (Å²) in [5, 5.41) is 6.60. The Kier molecular flexibility index (Phi) is 7.93. The summed E-state index contributed by atoms with van der Waals surface area (Å²) in [6.45, 7) is 5.13. The molecule has 1 aromatic heterocycles. The number of morpholine rings is 1. The van der Waals surface area contributed by atoms with Crippen molar-refractivity contribution < 1.29 is 28.0 Å². The second kappa shape index (κ2) is 11.9. The predicted molar refractivity (Wildman–Crippen MR) is 141 cm³/mol. The fourth-order valence-electron chi connectivity index (χ4n) is 4.30. The van der Waals surface area contributed by atoms with E-state index in [-0.39, 0.29) is 30.2 Å². The molecule has 1 aliphatic rings. The first-order valence-corrected chi connectivity index (χ1v) is 12.5. The van der Waals surface area contributed by atoms with Crippen molar-refractivity contribution >= 4 is 18.1 Å². The summed E-state index contributed by atoms with van der Waals surface area (Å²) in [6.07, 6.45) is -0.925. The summed E-state index contributed by atoms with van der Waals surface area (Å²) in [4.78, 5) is 30.4. The molecule has 0 radical (unpaired) electrons. The quantitative estimate of drug-likeness (QED) is 0.254. The maximum atomic E-state index is 15.0. The van der Waals surface area contributed by atoms with Crippen LogP contribution in [0.15, 0.2) is 71.3 Å². The first-order chi connectivity index (χ1) is 19.0. The van der Waals surface area contributed by atoms with Gasteiger partial charge in [-0.3, -0.25) is 9.59 Å². The van der Waals surface area contributed by atoms with Gasteiger partial charge in [0, 0.05) is 36.3 Å². The number of anilines is 1. The number of nitrogens with zero attached hydrogens (tertiary/aromatic N) is 3. The number of carbonyl (C=O) groups is 2. The minimum Gasteiger partial charge on any atom is -0.444 e. The molecule has 1 unspecified atom stereocenters. The molecular formula is C29H27FN4O5. The maximum absolute atomic E-state index is 15.0. The highest BCUT2D eigenvalue weighted by molar-refractivity contribution is 5.94. The van der Waals surface area contributed by atoms with Crippen LogP contribution in [-0.2, 0) is 20.7 Å². The van der Waals surface area contributed by atoms with E-state index in [2.05, 4.69) is 20.4 Å². The molecule has 1 atom stereocenters. The predicted octanol–water partition coefficient (Wildman–Crippen LogP) is 4.16. The summed E-state index contributed by atoms with van der Waals surface area (Å²) < 4.78 is 30.8.